The molecule has 0 spiro atoms. The zero-order valence-electron chi connectivity index (χ0n) is 42.1. The molecule has 4 aliphatic rings. The van der Waals surface area contributed by atoms with Crippen molar-refractivity contribution in [3.63, 3.8) is 0 Å². The summed E-state index contributed by atoms with van der Waals surface area (Å²) in [4.78, 5) is 101. The number of nitrogens with zero attached hydrogens (tertiary/aromatic N) is 4. The number of nitrogens with one attached hydrogen (secondary N) is 5. The van der Waals surface area contributed by atoms with Crippen LogP contribution in [0.15, 0.2) is 65.5 Å². The summed E-state index contributed by atoms with van der Waals surface area (Å²) >= 11 is 0. The second-order valence-corrected chi connectivity index (χ2v) is 19.5. The van der Waals surface area contributed by atoms with Crippen molar-refractivity contribution >= 4 is 46.8 Å². The van der Waals surface area contributed by atoms with Gasteiger partial charge in [-0.1, -0.05) is 43.2 Å². The molecule has 5 N–H and O–H groups in total. The number of fused-ring (bicyclic) bond motifs is 1. The first-order chi connectivity index (χ1) is 34.8. The van der Waals surface area contributed by atoms with Crippen LogP contribution in [-0.4, -0.2) is 133 Å². The van der Waals surface area contributed by atoms with Gasteiger partial charge in [0.1, 0.15) is 6.04 Å². The quantitative estimate of drug-likeness (QED) is 0.0572. The van der Waals surface area contributed by atoms with Crippen LogP contribution in [0.1, 0.15) is 117 Å². The molecular formula is C55H69N9O8. The summed E-state index contributed by atoms with van der Waals surface area (Å²) in [5.41, 5.74) is 8.70. The van der Waals surface area contributed by atoms with Crippen LogP contribution in [0.2, 0.25) is 0 Å². The number of ether oxygens (including phenoxy) is 1. The molecular weight excluding hydrogens is 915 g/mol. The average Bonchev–Trinajstić information content (AvgIpc) is 3.62. The van der Waals surface area contributed by atoms with Gasteiger partial charge in [0.2, 0.25) is 17.7 Å². The van der Waals surface area contributed by atoms with Crippen LogP contribution < -0.4 is 31.7 Å². The van der Waals surface area contributed by atoms with E-state index < -0.39 is 29.7 Å². The Labute approximate surface area is 421 Å². The number of piperidine rings is 1. The topological polar surface area (TPSA) is 206 Å². The third-order valence-electron chi connectivity index (χ3n) is 14.6. The van der Waals surface area contributed by atoms with Gasteiger partial charge in [-0.25, -0.2) is 0 Å². The number of aryl methyl sites for hydroxylation is 2. The molecule has 1 atom stereocenters. The number of rotatable bonds is 20. The SMILES string of the molecule is CCN(c1cc(-c2ccc(CN3CCN(C(=O)CNCCCCCCNc4cccc5c4C(=O)N(C4CCC(=O)NC4=O)C5=O)CC3)cc2)cc(C(=O)NCc2c(C)cc(C)[nH]c2=O)c1C)C1CCOCC1. The molecule has 0 radical (unpaired) electrons. The maximum Gasteiger partial charge on any atom is 0.264 e. The summed E-state index contributed by atoms with van der Waals surface area (Å²) in [6.07, 6.45) is 5.70. The number of hydrogen-bond donors (Lipinski definition) is 5. The lowest BCUT2D eigenvalue weighted by Gasteiger charge is -2.37. The molecule has 4 aromatic rings. The summed E-state index contributed by atoms with van der Waals surface area (Å²) in [5, 5.41) is 11.9. The number of carbonyl (C=O) groups is 6. The number of aromatic amines is 1. The molecule has 382 valence electrons. The standard InChI is InChI=1S/C55H69N9O8/c1-5-63(41-19-27-72-28-20-41)47-31-40(30-43(37(47)4)51(67)58-32-44-35(2)29-36(3)59-52(44)68)39-15-13-38(14-16-39)34-61-23-25-62(26-24-61)49(66)33-56-21-8-6-7-9-22-57-45-12-10-11-42-50(45)55(71)64(54(42)70)46-17-18-48(65)60-53(46)69/h10-16,29-31,41,46,56-57H,5-9,17-28,32-34H2,1-4H3,(H,58,67)(H,59,68)(H,60,65,69). The zero-order valence-corrected chi connectivity index (χ0v) is 42.1. The molecule has 72 heavy (non-hydrogen) atoms. The lowest BCUT2D eigenvalue weighted by atomic mass is 9.94. The number of hydrogen-bond acceptors (Lipinski definition) is 12. The van der Waals surface area contributed by atoms with Crippen molar-refractivity contribution in [2.24, 2.45) is 0 Å². The number of pyridine rings is 1. The van der Waals surface area contributed by atoms with Gasteiger partial charge in [0.25, 0.3) is 23.3 Å². The fourth-order valence-corrected chi connectivity index (χ4v) is 10.5. The van der Waals surface area contributed by atoms with E-state index >= 15 is 0 Å². The lowest BCUT2D eigenvalue weighted by Crippen LogP contribution is -2.54. The van der Waals surface area contributed by atoms with Gasteiger partial charge in [-0.3, -0.25) is 48.7 Å². The second kappa shape index (κ2) is 23.7. The molecule has 4 aliphatic heterocycles. The van der Waals surface area contributed by atoms with Crippen molar-refractivity contribution in [2.75, 3.05) is 75.8 Å². The van der Waals surface area contributed by atoms with Gasteiger partial charge >= 0.3 is 0 Å². The predicted molar refractivity (Wildman–Crippen MR) is 276 cm³/mol. The molecule has 3 fully saturated rings. The summed E-state index contributed by atoms with van der Waals surface area (Å²) in [6, 6.07) is 19.0. The number of unbranched alkanes of at least 4 members (excludes halogenated alkanes) is 3. The number of piperazine rings is 1. The highest BCUT2D eigenvalue weighted by atomic mass is 16.5. The van der Waals surface area contributed by atoms with Gasteiger partial charge in [0.05, 0.1) is 17.7 Å². The number of amides is 6. The summed E-state index contributed by atoms with van der Waals surface area (Å²) in [7, 11) is 0. The molecule has 3 saturated heterocycles. The molecule has 17 heteroatoms. The van der Waals surface area contributed by atoms with Gasteiger partial charge < -0.3 is 35.5 Å². The smallest absolute Gasteiger partial charge is 0.264 e. The number of anilines is 2. The normalized spacial score (nSPS) is 17.5. The number of aromatic nitrogens is 1. The molecule has 0 aliphatic carbocycles. The summed E-state index contributed by atoms with van der Waals surface area (Å²) in [6.45, 7) is 15.5. The van der Waals surface area contributed by atoms with Gasteiger partial charge in [-0.15, -0.1) is 0 Å². The van der Waals surface area contributed by atoms with E-state index in [0.29, 0.717) is 62.2 Å². The van der Waals surface area contributed by atoms with Gasteiger partial charge in [0, 0.05) is 106 Å². The highest BCUT2D eigenvalue weighted by Crippen LogP contribution is 2.35. The molecule has 5 heterocycles. The monoisotopic (exact) mass is 984 g/mol. The van der Waals surface area contributed by atoms with E-state index in [4.69, 9.17) is 4.74 Å². The molecule has 3 aromatic carbocycles. The minimum Gasteiger partial charge on any atom is -0.384 e. The van der Waals surface area contributed by atoms with Gasteiger partial charge in [-0.05, 0) is 124 Å². The van der Waals surface area contributed by atoms with E-state index in [1.165, 1.54) is 5.56 Å². The summed E-state index contributed by atoms with van der Waals surface area (Å²) < 4.78 is 5.70. The largest absolute Gasteiger partial charge is 0.384 e. The van der Waals surface area contributed by atoms with Gasteiger partial charge in [-0.2, -0.15) is 0 Å². The fraction of sp³-hybridized carbons (Fsp3) is 0.473. The maximum absolute atomic E-state index is 14.0. The van der Waals surface area contributed by atoms with E-state index in [1.54, 1.807) is 18.2 Å². The van der Waals surface area contributed by atoms with Crippen LogP contribution >= 0.6 is 0 Å². The van der Waals surface area contributed by atoms with Crippen LogP contribution in [0, 0.1) is 20.8 Å². The first-order valence-corrected chi connectivity index (χ1v) is 25.7. The van der Waals surface area contributed by atoms with Crippen LogP contribution in [-0.2, 0) is 32.2 Å². The van der Waals surface area contributed by atoms with E-state index in [1.807, 2.05) is 37.8 Å². The minimum absolute atomic E-state index is 0.0722. The van der Waals surface area contributed by atoms with Crippen molar-refractivity contribution < 1.29 is 33.5 Å². The predicted octanol–water partition coefficient (Wildman–Crippen LogP) is 5.21. The summed E-state index contributed by atoms with van der Waals surface area (Å²) in [5.74, 6) is -2.20. The minimum atomic E-state index is -1.00. The molecule has 0 saturated carbocycles. The number of imide groups is 2. The van der Waals surface area contributed by atoms with Crippen molar-refractivity contribution in [3.05, 3.63) is 116 Å². The van der Waals surface area contributed by atoms with Crippen molar-refractivity contribution in [3.8, 4) is 11.1 Å². The van der Waals surface area contributed by atoms with E-state index in [9.17, 15) is 33.6 Å². The van der Waals surface area contributed by atoms with Crippen molar-refractivity contribution in [2.45, 2.75) is 104 Å². The second-order valence-electron chi connectivity index (χ2n) is 19.5. The molecule has 6 amide bonds. The molecule has 17 nitrogen and oxygen atoms in total. The molecule has 1 aromatic heterocycles. The average molecular weight is 984 g/mol. The maximum atomic E-state index is 14.0. The number of H-pyrrole nitrogens is 1. The Morgan fingerprint density at radius 2 is 1.56 bits per heavy atom. The zero-order chi connectivity index (χ0) is 50.9. The molecule has 1 unspecified atom stereocenters. The Bertz CT molecular complexity index is 2720. The van der Waals surface area contributed by atoms with Crippen LogP contribution in [0.4, 0.5) is 11.4 Å². The van der Waals surface area contributed by atoms with Crippen LogP contribution in [0.5, 0.6) is 0 Å². The Hall–Kier alpha value is -6.69. The third-order valence-corrected chi connectivity index (χ3v) is 14.6. The lowest BCUT2D eigenvalue weighted by molar-refractivity contribution is -0.136. The number of carbonyl (C=O) groups excluding carboxylic acids is 6. The Morgan fingerprint density at radius 3 is 2.26 bits per heavy atom. The van der Waals surface area contributed by atoms with Crippen LogP contribution in [0.3, 0.4) is 0 Å². The Balaban J connectivity index is 0.769. The van der Waals surface area contributed by atoms with E-state index in [2.05, 4.69) is 73.3 Å². The van der Waals surface area contributed by atoms with Crippen molar-refractivity contribution in [1.82, 2.24) is 35.6 Å². The first kappa shape index (κ1) is 51.7. The molecule has 0 bridgehead atoms. The van der Waals surface area contributed by atoms with E-state index in [0.717, 1.165) is 110 Å². The Morgan fingerprint density at radius 1 is 0.819 bits per heavy atom. The third kappa shape index (κ3) is 12.0. The highest BCUT2D eigenvalue weighted by Gasteiger charge is 2.45. The van der Waals surface area contributed by atoms with Crippen molar-refractivity contribution in [1.29, 1.82) is 0 Å². The van der Waals surface area contributed by atoms with Crippen LogP contribution in [0.25, 0.3) is 11.1 Å². The fourth-order valence-electron chi connectivity index (χ4n) is 10.5. The Kier molecular flexibility index (Phi) is 17.0. The van der Waals surface area contributed by atoms with Gasteiger partial charge in [0.15, 0.2) is 0 Å². The highest BCUT2D eigenvalue weighted by molar-refractivity contribution is 6.25. The molecule has 8 rings (SSSR count). The van der Waals surface area contributed by atoms with E-state index in [-0.39, 0.29) is 47.9 Å². The first-order valence-electron chi connectivity index (χ1n) is 25.7. The number of benzene rings is 3.